The van der Waals surface area contributed by atoms with E-state index in [-0.39, 0.29) is 11.8 Å². The number of carbonyl (C=O) groups is 2. The average Bonchev–Trinajstić information content (AvgIpc) is 2.14. The lowest BCUT2D eigenvalue weighted by Crippen LogP contribution is -2.41. The number of hydrogen-bond acceptors (Lipinski definition) is 2. The molecule has 4 nitrogen and oxygen atoms in total. The maximum Gasteiger partial charge on any atom is 0.241 e. The monoisotopic (exact) mass is 184 g/mol. The summed E-state index contributed by atoms with van der Waals surface area (Å²) in [6.07, 6.45) is 4.68. The van der Waals surface area contributed by atoms with Crippen LogP contribution in [0.3, 0.4) is 0 Å². The molecule has 1 rings (SSSR count). The van der Waals surface area contributed by atoms with Crippen LogP contribution in [-0.4, -0.2) is 12.3 Å². The fourth-order valence-electron chi connectivity index (χ4n) is 1.87. The van der Waals surface area contributed by atoms with E-state index in [9.17, 15) is 9.59 Å². The molecule has 0 aliphatic heterocycles. The van der Waals surface area contributed by atoms with Gasteiger partial charge >= 0.3 is 0 Å². The van der Waals surface area contributed by atoms with E-state index in [1.54, 1.807) is 0 Å². The summed E-state index contributed by atoms with van der Waals surface area (Å²) >= 11 is 0. The number of nitrogens with one attached hydrogen (secondary N) is 2. The highest BCUT2D eigenvalue weighted by Gasteiger charge is 2.24. The largest absolute Gasteiger partial charge is 0.277 e. The Morgan fingerprint density at radius 2 is 2.23 bits per heavy atom. The van der Waals surface area contributed by atoms with Crippen molar-refractivity contribution in [2.24, 2.45) is 11.8 Å². The molecule has 0 spiro atoms. The zero-order valence-electron chi connectivity index (χ0n) is 7.88. The van der Waals surface area contributed by atoms with Gasteiger partial charge in [0.1, 0.15) is 0 Å². The third kappa shape index (κ3) is 3.05. The summed E-state index contributed by atoms with van der Waals surface area (Å²) in [5.41, 5.74) is 4.55. The molecule has 1 fully saturated rings. The number of rotatable bonds is 3. The van der Waals surface area contributed by atoms with Crippen molar-refractivity contribution in [3.8, 4) is 0 Å². The first kappa shape index (κ1) is 10.0. The van der Waals surface area contributed by atoms with E-state index in [4.69, 9.17) is 0 Å². The second kappa shape index (κ2) is 4.84. The fourth-order valence-corrected chi connectivity index (χ4v) is 1.87. The molecule has 0 aromatic rings. The Balaban J connectivity index is 2.32. The molecule has 0 aromatic carbocycles. The molecule has 1 saturated carbocycles. The molecule has 2 unspecified atom stereocenters. The highest BCUT2D eigenvalue weighted by molar-refractivity contribution is 5.79. The number of carbonyl (C=O) groups excluding carboxylic acids is 2. The fraction of sp³-hybridized carbons (Fsp3) is 0.778. The van der Waals surface area contributed by atoms with Crippen molar-refractivity contribution in [2.45, 2.75) is 32.6 Å². The van der Waals surface area contributed by atoms with Crippen LogP contribution in [0, 0.1) is 11.8 Å². The smallest absolute Gasteiger partial charge is 0.241 e. The van der Waals surface area contributed by atoms with Crippen molar-refractivity contribution in [1.29, 1.82) is 0 Å². The Morgan fingerprint density at radius 1 is 1.46 bits per heavy atom. The third-order valence-corrected chi connectivity index (χ3v) is 2.56. The quantitative estimate of drug-likeness (QED) is 0.498. The predicted molar refractivity (Wildman–Crippen MR) is 48.5 cm³/mol. The van der Waals surface area contributed by atoms with Gasteiger partial charge in [0, 0.05) is 5.92 Å². The molecule has 0 bridgehead atoms. The van der Waals surface area contributed by atoms with Crippen molar-refractivity contribution in [3.63, 3.8) is 0 Å². The van der Waals surface area contributed by atoms with Crippen molar-refractivity contribution < 1.29 is 9.59 Å². The van der Waals surface area contributed by atoms with Gasteiger partial charge in [-0.2, -0.15) is 0 Å². The van der Waals surface area contributed by atoms with Crippen LogP contribution in [0.25, 0.3) is 0 Å². The topological polar surface area (TPSA) is 58.2 Å². The van der Waals surface area contributed by atoms with Crippen molar-refractivity contribution in [1.82, 2.24) is 10.9 Å². The first-order valence-corrected chi connectivity index (χ1v) is 4.73. The zero-order valence-corrected chi connectivity index (χ0v) is 7.88. The minimum absolute atomic E-state index is 0.0568. The predicted octanol–water partition coefficient (Wildman–Crippen LogP) is 0.590. The van der Waals surface area contributed by atoms with Gasteiger partial charge in [0.15, 0.2) is 0 Å². The SMILES string of the molecule is CC1CCCC(C(=O)NNC=O)C1. The van der Waals surface area contributed by atoms with Crippen LogP contribution in [0.1, 0.15) is 32.6 Å². The Kier molecular flexibility index (Phi) is 3.73. The summed E-state index contributed by atoms with van der Waals surface area (Å²) < 4.78 is 0. The molecule has 2 N–H and O–H groups in total. The lowest BCUT2D eigenvalue weighted by Gasteiger charge is -2.25. The lowest BCUT2D eigenvalue weighted by atomic mass is 9.82. The van der Waals surface area contributed by atoms with Gasteiger partial charge in [-0.25, -0.2) is 0 Å². The van der Waals surface area contributed by atoms with E-state index < -0.39 is 0 Å². The minimum Gasteiger partial charge on any atom is -0.277 e. The van der Waals surface area contributed by atoms with Gasteiger partial charge in [0.05, 0.1) is 0 Å². The molecule has 0 heterocycles. The number of amides is 2. The van der Waals surface area contributed by atoms with Gasteiger partial charge in [0.2, 0.25) is 12.3 Å². The Morgan fingerprint density at radius 3 is 2.85 bits per heavy atom. The van der Waals surface area contributed by atoms with Gasteiger partial charge in [0.25, 0.3) is 0 Å². The van der Waals surface area contributed by atoms with Gasteiger partial charge in [-0.05, 0) is 18.8 Å². The van der Waals surface area contributed by atoms with E-state index in [0.717, 1.165) is 19.3 Å². The summed E-state index contributed by atoms with van der Waals surface area (Å²) in [6.45, 7) is 2.16. The molecule has 74 valence electrons. The zero-order chi connectivity index (χ0) is 9.68. The molecule has 13 heavy (non-hydrogen) atoms. The maximum atomic E-state index is 11.4. The third-order valence-electron chi connectivity index (χ3n) is 2.56. The van der Waals surface area contributed by atoms with Crippen LogP contribution in [0.15, 0.2) is 0 Å². The Labute approximate surface area is 78.0 Å². The molecular formula is C9H16N2O2. The van der Waals surface area contributed by atoms with Gasteiger partial charge < -0.3 is 0 Å². The minimum atomic E-state index is -0.0568. The molecule has 1 aliphatic carbocycles. The summed E-state index contributed by atoms with van der Waals surface area (Å²) in [5.74, 6) is 0.649. The highest BCUT2D eigenvalue weighted by Crippen LogP contribution is 2.28. The van der Waals surface area contributed by atoms with Crippen molar-refractivity contribution in [3.05, 3.63) is 0 Å². The molecule has 0 aromatic heterocycles. The molecule has 4 heteroatoms. The maximum absolute atomic E-state index is 11.4. The van der Waals surface area contributed by atoms with Crippen LogP contribution in [0.2, 0.25) is 0 Å². The van der Waals surface area contributed by atoms with Gasteiger partial charge in [-0.3, -0.25) is 20.4 Å². The van der Waals surface area contributed by atoms with E-state index in [2.05, 4.69) is 17.8 Å². The summed E-state index contributed by atoms with van der Waals surface area (Å²) in [5, 5.41) is 0. The van der Waals surface area contributed by atoms with Gasteiger partial charge in [-0.15, -0.1) is 0 Å². The molecule has 2 amide bonds. The van der Waals surface area contributed by atoms with Crippen LogP contribution in [-0.2, 0) is 9.59 Å². The summed E-state index contributed by atoms with van der Waals surface area (Å²) in [7, 11) is 0. The Hall–Kier alpha value is -1.06. The number of hydrogen-bond donors (Lipinski definition) is 2. The molecule has 0 saturated heterocycles. The summed E-state index contributed by atoms with van der Waals surface area (Å²) in [6, 6.07) is 0. The van der Waals surface area contributed by atoms with Crippen LogP contribution in [0.5, 0.6) is 0 Å². The van der Waals surface area contributed by atoms with Crippen molar-refractivity contribution in [2.75, 3.05) is 0 Å². The molecule has 0 radical (unpaired) electrons. The van der Waals surface area contributed by atoms with Crippen LogP contribution < -0.4 is 10.9 Å². The molecule has 1 aliphatic rings. The second-order valence-corrected chi connectivity index (χ2v) is 3.72. The summed E-state index contributed by atoms with van der Waals surface area (Å²) in [4.78, 5) is 21.3. The lowest BCUT2D eigenvalue weighted by molar-refractivity contribution is -0.129. The first-order valence-electron chi connectivity index (χ1n) is 4.73. The van der Waals surface area contributed by atoms with Crippen LogP contribution >= 0.6 is 0 Å². The van der Waals surface area contributed by atoms with E-state index >= 15 is 0 Å². The van der Waals surface area contributed by atoms with E-state index in [1.807, 2.05) is 0 Å². The standard InChI is InChI=1S/C9H16N2O2/c1-7-3-2-4-8(5-7)9(13)11-10-6-12/h6-8H,2-5H2,1H3,(H,10,12)(H,11,13). The number of hydrazine groups is 1. The van der Waals surface area contributed by atoms with Crippen molar-refractivity contribution >= 4 is 12.3 Å². The molecular weight excluding hydrogens is 168 g/mol. The Bertz CT molecular complexity index is 194. The normalized spacial score (nSPS) is 27.8. The average molecular weight is 184 g/mol. The second-order valence-electron chi connectivity index (χ2n) is 3.72. The van der Waals surface area contributed by atoms with Crippen LogP contribution in [0.4, 0.5) is 0 Å². The first-order chi connectivity index (χ1) is 6.24. The van der Waals surface area contributed by atoms with Gasteiger partial charge in [-0.1, -0.05) is 19.8 Å². The van der Waals surface area contributed by atoms with E-state index in [0.29, 0.717) is 12.3 Å². The molecule has 2 atom stereocenters. The van der Waals surface area contributed by atoms with E-state index in [1.165, 1.54) is 6.42 Å². The highest BCUT2D eigenvalue weighted by atomic mass is 16.2.